The van der Waals surface area contributed by atoms with Crippen LogP contribution in [0.3, 0.4) is 0 Å². The van der Waals surface area contributed by atoms with Gasteiger partial charge in [-0.25, -0.2) is 0 Å². The summed E-state index contributed by atoms with van der Waals surface area (Å²) in [6.45, 7) is 4.37. The average molecular weight is 256 g/mol. The lowest BCUT2D eigenvalue weighted by atomic mass is 10.0. The van der Waals surface area contributed by atoms with E-state index in [4.69, 9.17) is 10.6 Å². The van der Waals surface area contributed by atoms with Crippen molar-refractivity contribution in [3.8, 4) is 11.5 Å². The predicted octanol–water partition coefficient (Wildman–Crippen LogP) is 3.96. The Morgan fingerprint density at radius 1 is 1.05 bits per heavy atom. The van der Waals surface area contributed by atoms with Crippen molar-refractivity contribution in [3.63, 3.8) is 0 Å². The van der Waals surface area contributed by atoms with Crippen LogP contribution in [-0.2, 0) is 6.42 Å². The summed E-state index contributed by atoms with van der Waals surface area (Å²) in [7, 11) is 0. The first-order chi connectivity index (χ1) is 9.19. The molecule has 100 valence electrons. The van der Waals surface area contributed by atoms with Crippen LogP contribution in [0.5, 0.6) is 11.5 Å². The van der Waals surface area contributed by atoms with E-state index in [1.54, 1.807) is 0 Å². The van der Waals surface area contributed by atoms with Gasteiger partial charge in [0.2, 0.25) is 0 Å². The summed E-state index contributed by atoms with van der Waals surface area (Å²) in [6, 6.07) is 15.7. The number of nitrogen functional groups attached to an aromatic ring is 1. The minimum atomic E-state index is 0.569. The van der Waals surface area contributed by atoms with E-state index in [0.717, 1.165) is 23.6 Å². The van der Waals surface area contributed by atoms with E-state index in [2.05, 4.69) is 19.3 Å². The summed E-state index contributed by atoms with van der Waals surface area (Å²) in [6.07, 6.45) is 0.964. The number of ether oxygens (including phenoxy) is 1. The number of rotatable bonds is 5. The van der Waals surface area contributed by atoms with Crippen molar-refractivity contribution in [2.75, 3.05) is 5.43 Å². The quantitative estimate of drug-likeness (QED) is 0.628. The summed E-state index contributed by atoms with van der Waals surface area (Å²) in [5.41, 5.74) is 4.86. The van der Waals surface area contributed by atoms with Crippen LogP contribution in [0.25, 0.3) is 0 Å². The molecule has 2 aromatic carbocycles. The molecular weight excluding hydrogens is 236 g/mol. The van der Waals surface area contributed by atoms with Gasteiger partial charge in [0.25, 0.3) is 0 Å². The molecule has 2 aromatic rings. The molecule has 3 heteroatoms. The molecule has 0 heterocycles. The van der Waals surface area contributed by atoms with Gasteiger partial charge in [-0.15, -0.1) is 0 Å². The van der Waals surface area contributed by atoms with Gasteiger partial charge in [-0.3, -0.25) is 5.84 Å². The van der Waals surface area contributed by atoms with Crippen molar-refractivity contribution >= 4 is 5.69 Å². The number of hydrogen-bond donors (Lipinski definition) is 2. The van der Waals surface area contributed by atoms with Gasteiger partial charge in [-0.05, 0) is 48.2 Å². The SMILES string of the molecule is CC(C)Cc1cc(Oc2ccccc2)ccc1NN. The van der Waals surface area contributed by atoms with Crippen molar-refractivity contribution in [1.82, 2.24) is 0 Å². The highest BCUT2D eigenvalue weighted by Gasteiger charge is 2.06. The molecule has 0 aliphatic carbocycles. The van der Waals surface area contributed by atoms with Crippen LogP contribution < -0.4 is 16.0 Å². The fourth-order valence-corrected chi connectivity index (χ4v) is 2.01. The molecule has 3 N–H and O–H groups in total. The highest BCUT2D eigenvalue weighted by Crippen LogP contribution is 2.27. The number of anilines is 1. The van der Waals surface area contributed by atoms with E-state index in [1.807, 2.05) is 48.5 Å². The maximum absolute atomic E-state index is 5.83. The first-order valence-electron chi connectivity index (χ1n) is 6.51. The van der Waals surface area contributed by atoms with Crippen molar-refractivity contribution in [1.29, 1.82) is 0 Å². The summed E-state index contributed by atoms with van der Waals surface area (Å²) < 4.78 is 5.83. The zero-order chi connectivity index (χ0) is 13.7. The number of para-hydroxylation sites is 1. The molecule has 0 bridgehead atoms. The molecule has 19 heavy (non-hydrogen) atoms. The third kappa shape index (κ3) is 3.73. The van der Waals surface area contributed by atoms with E-state index in [9.17, 15) is 0 Å². The van der Waals surface area contributed by atoms with Crippen LogP contribution >= 0.6 is 0 Å². The molecule has 0 unspecified atom stereocenters. The van der Waals surface area contributed by atoms with Gasteiger partial charge < -0.3 is 10.2 Å². The Balaban J connectivity index is 2.22. The highest BCUT2D eigenvalue weighted by atomic mass is 16.5. The van der Waals surface area contributed by atoms with Gasteiger partial charge in [-0.2, -0.15) is 0 Å². The lowest BCUT2D eigenvalue weighted by molar-refractivity contribution is 0.481. The van der Waals surface area contributed by atoms with E-state index in [1.165, 1.54) is 5.56 Å². The molecule has 0 aliphatic rings. The summed E-state index contributed by atoms with van der Waals surface area (Å²) in [5.74, 6) is 7.78. The van der Waals surface area contributed by atoms with Crippen LogP contribution in [0.1, 0.15) is 19.4 Å². The summed E-state index contributed by atoms with van der Waals surface area (Å²) in [5, 5.41) is 0. The molecular formula is C16H20N2O. The Bertz CT molecular complexity index is 524. The topological polar surface area (TPSA) is 47.3 Å². The zero-order valence-electron chi connectivity index (χ0n) is 11.4. The predicted molar refractivity (Wildman–Crippen MR) is 79.3 cm³/mol. The average Bonchev–Trinajstić information content (AvgIpc) is 2.39. The Kier molecular flexibility index (Phi) is 4.42. The van der Waals surface area contributed by atoms with Gasteiger partial charge in [0, 0.05) is 0 Å². The fraction of sp³-hybridized carbons (Fsp3) is 0.250. The van der Waals surface area contributed by atoms with Crippen molar-refractivity contribution < 1.29 is 4.74 Å². The molecule has 0 radical (unpaired) electrons. The number of nitrogens with one attached hydrogen (secondary N) is 1. The molecule has 0 amide bonds. The van der Waals surface area contributed by atoms with Crippen LogP contribution in [0, 0.1) is 5.92 Å². The first-order valence-corrected chi connectivity index (χ1v) is 6.51. The molecule has 0 spiro atoms. The molecule has 2 rings (SSSR count). The minimum Gasteiger partial charge on any atom is -0.457 e. The third-order valence-electron chi connectivity index (χ3n) is 2.84. The molecule has 3 nitrogen and oxygen atoms in total. The second-order valence-electron chi connectivity index (χ2n) is 4.98. The van der Waals surface area contributed by atoms with Crippen LogP contribution in [-0.4, -0.2) is 0 Å². The van der Waals surface area contributed by atoms with Crippen molar-refractivity contribution in [2.24, 2.45) is 11.8 Å². The standard InChI is InChI=1S/C16H20N2O/c1-12(2)10-13-11-15(8-9-16(13)18-17)19-14-6-4-3-5-7-14/h3-9,11-12,18H,10,17H2,1-2H3. The lowest BCUT2D eigenvalue weighted by Gasteiger charge is -2.13. The smallest absolute Gasteiger partial charge is 0.127 e. The molecule has 0 atom stereocenters. The number of benzene rings is 2. The second kappa shape index (κ2) is 6.25. The lowest BCUT2D eigenvalue weighted by Crippen LogP contribution is -2.10. The Hall–Kier alpha value is -2.00. The molecule has 0 aromatic heterocycles. The van der Waals surface area contributed by atoms with Gasteiger partial charge in [0.15, 0.2) is 0 Å². The Morgan fingerprint density at radius 3 is 2.42 bits per heavy atom. The van der Waals surface area contributed by atoms with Gasteiger partial charge >= 0.3 is 0 Å². The monoisotopic (exact) mass is 256 g/mol. The third-order valence-corrected chi connectivity index (χ3v) is 2.84. The number of hydrogen-bond acceptors (Lipinski definition) is 3. The Labute approximate surface area is 114 Å². The van der Waals surface area contributed by atoms with E-state index in [0.29, 0.717) is 5.92 Å². The first kappa shape index (κ1) is 13.4. The second-order valence-corrected chi connectivity index (χ2v) is 4.98. The van der Waals surface area contributed by atoms with Crippen LogP contribution in [0.4, 0.5) is 5.69 Å². The van der Waals surface area contributed by atoms with Crippen LogP contribution in [0.15, 0.2) is 48.5 Å². The van der Waals surface area contributed by atoms with Gasteiger partial charge in [0.1, 0.15) is 11.5 Å². The van der Waals surface area contributed by atoms with Crippen LogP contribution in [0.2, 0.25) is 0 Å². The van der Waals surface area contributed by atoms with Gasteiger partial charge in [-0.1, -0.05) is 32.0 Å². The molecule has 0 saturated carbocycles. The van der Waals surface area contributed by atoms with Gasteiger partial charge in [0.05, 0.1) is 5.69 Å². The maximum Gasteiger partial charge on any atom is 0.127 e. The largest absolute Gasteiger partial charge is 0.457 e. The fourth-order valence-electron chi connectivity index (χ4n) is 2.01. The van der Waals surface area contributed by atoms with Crippen molar-refractivity contribution in [3.05, 3.63) is 54.1 Å². The minimum absolute atomic E-state index is 0.569. The number of nitrogens with two attached hydrogens (primary N) is 1. The maximum atomic E-state index is 5.83. The highest BCUT2D eigenvalue weighted by molar-refractivity contribution is 5.54. The number of hydrazine groups is 1. The molecule has 0 saturated heterocycles. The summed E-state index contributed by atoms with van der Waals surface area (Å²) in [4.78, 5) is 0. The molecule has 0 aliphatic heterocycles. The van der Waals surface area contributed by atoms with E-state index in [-0.39, 0.29) is 0 Å². The summed E-state index contributed by atoms with van der Waals surface area (Å²) >= 11 is 0. The Morgan fingerprint density at radius 2 is 1.79 bits per heavy atom. The van der Waals surface area contributed by atoms with E-state index >= 15 is 0 Å². The molecule has 0 fully saturated rings. The van der Waals surface area contributed by atoms with E-state index < -0.39 is 0 Å². The normalized spacial score (nSPS) is 10.5. The van der Waals surface area contributed by atoms with Crippen molar-refractivity contribution in [2.45, 2.75) is 20.3 Å². The zero-order valence-corrected chi connectivity index (χ0v) is 11.4.